The largest absolute Gasteiger partial charge is 0.479 e. The molecule has 0 amide bonds. The van der Waals surface area contributed by atoms with E-state index < -0.39 is 5.54 Å². The van der Waals surface area contributed by atoms with Crippen LogP contribution in [0.1, 0.15) is 53.4 Å². The number of hydrogen-bond acceptors (Lipinski definition) is 7. The molecule has 0 aliphatic heterocycles. The highest BCUT2D eigenvalue weighted by atomic mass is 32.1. The number of tetrazole rings is 1. The fourth-order valence-corrected chi connectivity index (χ4v) is 8.56. The molecule has 3 heterocycles. The van der Waals surface area contributed by atoms with Gasteiger partial charge in [-0.05, 0) is 85.4 Å². The highest BCUT2D eigenvalue weighted by Gasteiger charge is 2.42. The Morgan fingerprint density at radius 1 is 0.678 bits per heavy atom. The Morgan fingerprint density at radius 3 is 1.93 bits per heavy atom. The summed E-state index contributed by atoms with van der Waals surface area (Å²) in [5.74, 6) is 1.43. The van der Waals surface area contributed by atoms with Gasteiger partial charge in [0.25, 0.3) is 5.56 Å². The van der Waals surface area contributed by atoms with E-state index in [-0.39, 0.29) is 5.56 Å². The van der Waals surface area contributed by atoms with Crippen molar-refractivity contribution in [1.29, 1.82) is 0 Å². The first-order valence-electron chi connectivity index (χ1n) is 20.0. The topological polar surface area (TPSA) is 87.7 Å². The zero-order chi connectivity index (χ0) is 40.0. The molecule has 9 rings (SSSR count). The molecule has 9 aromatic rings. The van der Waals surface area contributed by atoms with E-state index in [0.717, 1.165) is 74.7 Å². The van der Waals surface area contributed by atoms with Gasteiger partial charge in [0, 0.05) is 12.0 Å². The van der Waals surface area contributed by atoms with E-state index >= 15 is 0 Å². The third kappa shape index (κ3) is 7.37. The van der Waals surface area contributed by atoms with E-state index in [2.05, 4.69) is 121 Å². The summed E-state index contributed by atoms with van der Waals surface area (Å²) < 4.78 is 9.78. The van der Waals surface area contributed by atoms with Crippen LogP contribution in [0.15, 0.2) is 180 Å². The maximum Gasteiger partial charge on any atom is 0.261 e. The van der Waals surface area contributed by atoms with Crippen LogP contribution in [-0.2, 0) is 25.1 Å². The van der Waals surface area contributed by atoms with Crippen molar-refractivity contribution in [3.63, 3.8) is 0 Å². The van der Waals surface area contributed by atoms with Crippen molar-refractivity contribution in [3.8, 4) is 27.6 Å². The fourth-order valence-electron chi connectivity index (χ4n) is 7.98. The molecule has 290 valence electrons. The number of aromatic nitrogens is 6. The zero-order valence-corrected chi connectivity index (χ0v) is 33.5. The number of thiophene rings is 1. The number of nitrogens with zero attached hydrogens (tertiary/aromatic N) is 6. The Balaban J connectivity index is 1.09. The molecule has 6 aromatic carbocycles. The lowest BCUT2D eigenvalue weighted by Crippen LogP contribution is -2.39. The molecule has 0 aliphatic carbocycles. The molecule has 8 nitrogen and oxygen atoms in total. The minimum atomic E-state index is -0.881. The maximum absolute atomic E-state index is 14.2. The lowest BCUT2D eigenvalue weighted by atomic mass is 9.77. The van der Waals surface area contributed by atoms with Crippen molar-refractivity contribution < 1.29 is 4.74 Å². The summed E-state index contributed by atoms with van der Waals surface area (Å²) in [6.07, 6.45) is 2.68. The van der Waals surface area contributed by atoms with E-state index in [1.54, 1.807) is 11.3 Å². The lowest BCUT2D eigenvalue weighted by Gasteiger charge is -2.36. The van der Waals surface area contributed by atoms with Crippen LogP contribution in [0.5, 0.6) is 5.06 Å². The second-order valence-electron chi connectivity index (χ2n) is 14.6. The SMILES string of the molecule is CCCCc1nc2ccc(COc3cccs3)cc2c(=O)n1Cc1ccc(-c2ccccc2-c2nnnn2C(c2ccccc2)(c2ccccc2)c2ccccc2)cc1. The first-order chi connectivity index (χ1) is 29.1. The molecule has 0 bridgehead atoms. The Kier molecular flexibility index (Phi) is 10.7. The van der Waals surface area contributed by atoms with Crippen LogP contribution in [-0.4, -0.2) is 29.8 Å². The summed E-state index contributed by atoms with van der Waals surface area (Å²) in [5, 5.41) is 17.3. The minimum absolute atomic E-state index is 0.0425. The van der Waals surface area contributed by atoms with Crippen molar-refractivity contribution in [1.82, 2.24) is 29.8 Å². The average molecular weight is 791 g/mol. The molecule has 0 spiro atoms. The Hall–Kier alpha value is -6.97. The van der Waals surface area contributed by atoms with Gasteiger partial charge in [-0.1, -0.05) is 159 Å². The third-order valence-electron chi connectivity index (χ3n) is 10.9. The first kappa shape index (κ1) is 37.6. The molecule has 0 aliphatic rings. The fraction of sp³-hybridized carbons (Fsp3) is 0.140. The van der Waals surface area contributed by atoms with Gasteiger partial charge in [-0.15, -0.1) is 16.4 Å². The minimum Gasteiger partial charge on any atom is -0.479 e. The molecule has 0 saturated heterocycles. The van der Waals surface area contributed by atoms with Crippen molar-refractivity contribution in [2.24, 2.45) is 0 Å². The number of fused-ring (bicyclic) bond motifs is 1. The van der Waals surface area contributed by atoms with E-state index in [4.69, 9.17) is 20.0 Å². The molecule has 0 atom stereocenters. The van der Waals surface area contributed by atoms with Crippen LogP contribution in [0.2, 0.25) is 0 Å². The highest BCUT2D eigenvalue weighted by molar-refractivity contribution is 7.11. The van der Waals surface area contributed by atoms with E-state index in [0.29, 0.717) is 29.9 Å². The Labute approximate surface area is 347 Å². The van der Waals surface area contributed by atoms with Gasteiger partial charge in [-0.25, -0.2) is 9.67 Å². The Morgan fingerprint density at radius 2 is 1.31 bits per heavy atom. The Bertz CT molecular complexity index is 2760. The lowest BCUT2D eigenvalue weighted by molar-refractivity contribution is 0.316. The van der Waals surface area contributed by atoms with Gasteiger partial charge in [0.1, 0.15) is 18.0 Å². The molecule has 0 N–H and O–H groups in total. The van der Waals surface area contributed by atoms with Crippen molar-refractivity contribution in [2.75, 3.05) is 0 Å². The molecule has 3 aromatic heterocycles. The van der Waals surface area contributed by atoms with E-state index in [1.165, 1.54) is 0 Å². The number of rotatable bonds is 14. The summed E-state index contributed by atoms with van der Waals surface area (Å²) in [5.41, 5.74) is 7.72. The van der Waals surface area contributed by atoms with Gasteiger partial charge in [0.15, 0.2) is 10.9 Å². The summed E-state index contributed by atoms with van der Waals surface area (Å²) in [6.45, 7) is 2.95. The molecule has 59 heavy (non-hydrogen) atoms. The van der Waals surface area contributed by atoms with Gasteiger partial charge in [0.2, 0.25) is 0 Å². The van der Waals surface area contributed by atoms with Crippen molar-refractivity contribution in [3.05, 3.63) is 219 Å². The normalized spacial score (nSPS) is 11.5. The van der Waals surface area contributed by atoms with Crippen molar-refractivity contribution in [2.45, 2.75) is 44.9 Å². The summed E-state index contributed by atoms with van der Waals surface area (Å²) in [6, 6.07) is 57.7. The van der Waals surface area contributed by atoms with Crippen LogP contribution in [0.3, 0.4) is 0 Å². The molecular weight excluding hydrogens is 749 g/mol. The van der Waals surface area contributed by atoms with Gasteiger partial charge in [-0.2, -0.15) is 0 Å². The second kappa shape index (κ2) is 16.9. The maximum atomic E-state index is 14.2. The molecular formula is C50H42N6O2S. The molecule has 0 unspecified atom stereocenters. The second-order valence-corrected chi connectivity index (χ2v) is 15.5. The van der Waals surface area contributed by atoms with Gasteiger partial charge in [0.05, 0.1) is 17.4 Å². The van der Waals surface area contributed by atoms with Crippen LogP contribution in [0, 0.1) is 0 Å². The number of benzene rings is 6. The van der Waals surface area contributed by atoms with Gasteiger partial charge in [-0.3, -0.25) is 9.36 Å². The van der Waals surface area contributed by atoms with Gasteiger partial charge >= 0.3 is 0 Å². The predicted octanol–water partition coefficient (Wildman–Crippen LogP) is 10.6. The smallest absolute Gasteiger partial charge is 0.261 e. The molecule has 9 heteroatoms. The summed E-state index contributed by atoms with van der Waals surface area (Å²) >= 11 is 1.55. The third-order valence-corrected chi connectivity index (χ3v) is 11.6. The average Bonchev–Trinajstić information content (AvgIpc) is 4.02. The van der Waals surface area contributed by atoms with Gasteiger partial charge < -0.3 is 4.74 Å². The number of aryl methyl sites for hydroxylation is 1. The van der Waals surface area contributed by atoms with Crippen LogP contribution in [0.25, 0.3) is 33.4 Å². The number of ether oxygens (including phenoxy) is 1. The van der Waals surface area contributed by atoms with E-state index in [1.807, 2.05) is 75.3 Å². The standard InChI is InChI=1S/C50H42N6O2S/c1-2-3-24-46-51-45-31-28-37(35-58-47-25-15-32-59-47)33-44(45)49(57)55(46)34-36-26-29-38(30-27-36)42-22-13-14-23-43(42)48-52-53-54-56(48)50(39-16-7-4-8-17-39,40-18-9-5-10-19-40)41-20-11-6-12-21-41/h4-23,25-33H,2-3,24,34-35H2,1H3. The number of hydrogen-bond donors (Lipinski definition) is 0. The predicted molar refractivity (Wildman–Crippen MR) is 236 cm³/mol. The summed E-state index contributed by atoms with van der Waals surface area (Å²) in [7, 11) is 0. The summed E-state index contributed by atoms with van der Waals surface area (Å²) in [4.78, 5) is 19.3. The zero-order valence-electron chi connectivity index (χ0n) is 32.7. The molecule has 0 saturated carbocycles. The first-order valence-corrected chi connectivity index (χ1v) is 20.8. The van der Waals surface area contributed by atoms with Crippen LogP contribution in [0.4, 0.5) is 0 Å². The molecule has 0 fully saturated rings. The monoisotopic (exact) mass is 790 g/mol. The van der Waals surface area contributed by atoms with E-state index in [9.17, 15) is 4.79 Å². The highest BCUT2D eigenvalue weighted by Crippen LogP contribution is 2.43. The van der Waals surface area contributed by atoms with Crippen molar-refractivity contribution >= 4 is 22.2 Å². The quantitative estimate of drug-likeness (QED) is 0.102. The van der Waals surface area contributed by atoms with Crippen LogP contribution < -0.4 is 10.3 Å². The van der Waals surface area contributed by atoms with Crippen LogP contribution >= 0.6 is 11.3 Å². The molecule has 0 radical (unpaired) electrons. The number of unbranched alkanes of at least 4 members (excludes halogenated alkanes) is 1.